The lowest BCUT2D eigenvalue weighted by Crippen LogP contribution is -2.41. The summed E-state index contributed by atoms with van der Waals surface area (Å²) in [7, 11) is 0. The van der Waals surface area contributed by atoms with E-state index in [1.165, 1.54) is 6.07 Å². The molecule has 1 aromatic rings. The first-order valence-corrected chi connectivity index (χ1v) is 6.71. The van der Waals surface area contributed by atoms with E-state index in [0.29, 0.717) is 19.4 Å². The van der Waals surface area contributed by atoms with Crippen LogP contribution in [-0.2, 0) is 0 Å². The summed E-state index contributed by atoms with van der Waals surface area (Å²) in [5.41, 5.74) is 0. The summed E-state index contributed by atoms with van der Waals surface area (Å²) in [5, 5.41) is 19.2. The number of benzene rings is 1. The van der Waals surface area contributed by atoms with Gasteiger partial charge in [-0.1, -0.05) is 0 Å². The van der Waals surface area contributed by atoms with E-state index in [1.54, 1.807) is 0 Å². The minimum atomic E-state index is -0.970. The number of ether oxygens (including phenoxy) is 1. The molecule has 1 atom stereocenters. The fourth-order valence-corrected chi connectivity index (χ4v) is 2.21. The molecule has 0 saturated carbocycles. The summed E-state index contributed by atoms with van der Waals surface area (Å²) in [5.74, 6) is -1.70. The molecule has 0 amide bonds. The van der Waals surface area contributed by atoms with Gasteiger partial charge in [-0.2, -0.15) is 0 Å². The van der Waals surface area contributed by atoms with Crippen molar-refractivity contribution >= 4 is 0 Å². The first kappa shape index (κ1) is 15.2. The monoisotopic (exact) mass is 287 g/mol. The van der Waals surface area contributed by atoms with Crippen molar-refractivity contribution in [2.45, 2.75) is 25.0 Å². The van der Waals surface area contributed by atoms with Gasteiger partial charge in [0.25, 0.3) is 0 Å². The Morgan fingerprint density at radius 2 is 1.95 bits per heavy atom. The zero-order chi connectivity index (χ0) is 14.5. The SMILES string of the molecule is OC1CCN(CC(O)COc2ccc(F)c(F)c2)CC1. The quantitative estimate of drug-likeness (QED) is 0.853. The molecular weight excluding hydrogens is 268 g/mol. The van der Waals surface area contributed by atoms with Gasteiger partial charge in [-0.25, -0.2) is 8.78 Å². The number of aliphatic hydroxyl groups is 2. The van der Waals surface area contributed by atoms with Crippen molar-refractivity contribution in [1.82, 2.24) is 4.90 Å². The second-order valence-electron chi connectivity index (χ2n) is 5.07. The van der Waals surface area contributed by atoms with Crippen molar-refractivity contribution in [2.75, 3.05) is 26.2 Å². The smallest absolute Gasteiger partial charge is 0.162 e. The molecule has 1 unspecified atom stereocenters. The van der Waals surface area contributed by atoms with Crippen LogP contribution in [0.4, 0.5) is 8.78 Å². The number of hydrogen-bond donors (Lipinski definition) is 2. The minimum Gasteiger partial charge on any atom is -0.491 e. The van der Waals surface area contributed by atoms with Gasteiger partial charge in [-0.3, -0.25) is 0 Å². The van der Waals surface area contributed by atoms with Crippen LogP contribution in [0.5, 0.6) is 5.75 Å². The number of β-amino-alcohol motifs (C(OH)–C–C–N with tert-alkyl or cyclic N) is 1. The summed E-state index contributed by atoms with van der Waals surface area (Å²) < 4.78 is 30.9. The Morgan fingerprint density at radius 3 is 2.60 bits per heavy atom. The lowest BCUT2D eigenvalue weighted by molar-refractivity contribution is 0.0337. The summed E-state index contributed by atoms with van der Waals surface area (Å²) in [4.78, 5) is 2.05. The van der Waals surface area contributed by atoms with Crippen molar-refractivity contribution in [1.29, 1.82) is 0 Å². The van der Waals surface area contributed by atoms with Crippen molar-refractivity contribution in [2.24, 2.45) is 0 Å². The Morgan fingerprint density at radius 1 is 1.25 bits per heavy atom. The van der Waals surface area contributed by atoms with E-state index in [-0.39, 0.29) is 18.5 Å². The van der Waals surface area contributed by atoms with Crippen LogP contribution >= 0.6 is 0 Å². The Bertz CT molecular complexity index is 436. The Hall–Kier alpha value is -1.24. The maximum atomic E-state index is 13.0. The van der Waals surface area contributed by atoms with Crippen LogP contribution in [0.1, 0.15) is 12.8 Å². The molecule has 1 fully saturated rings. The largest absolute Gasteiger partial charge is 0.491 e. The van der Waals surface area contributed by atoms with E-state index in [2.05, 4.69) is 0 Å². The lowest BCUT2D eigenvalue weighted by Gasteiger charge is -2.30. The summed E-state index contributed by atoms with van der Waals surface area (Å²) >= 11 is 0. The summed E-state index contributed by atoms with van der Waals surface area (Å²) in [6.45, 7) is 1.94. The molecule has 0 aromatic heterocycles. The van der Waals surface area contributed by atoms with E-state index in [4.69, 9.17) is 4.74 Å². The maximum absolute atomic E-state index is 13.0. The third-order valence-corrected chi connectivity index (χ3v) is 3.36. The van der Waals surface area contributed by atoms with Crippen molar-refractivity contribution in [3.63, 3.8) is 0 Å². The van der Waals surface area contributed by atoms with Gasteiger partial charge in [-0.05, 0) is 25.0 Å². The highest BCUT2D eigenvalue weighted by Gasteiger charge is 2.19. The van der Waals surface area contributed by atoms with Gasteiger partial charge in [0.2, 0.25) is 0 Å². The zero-order valence-corrected chi connectivity index (χ0v) is 11.1. The van der Waals surface area contributed by atoms with Crippen molar-refractivity contribution < 1.29 is 23.7 Å². The molecule has 0 aliphatic carbocycles. The Kier molecular flexibility index (Phi) is 5.28. The van der Waals surface area contributed by atoms with Crippen LogP contribution in [0.3, 0.4) is 0 Å². The van der Waals surface area contributed by atoms with Crippen LogP contribution in [-0.4, -0.2) is 53.6 Å². The highest BCUT2D eigenvalue weighted by atomic mass is 19.2. The number of nitrogens with zero attached hydrogens (tertiary/aromatic N) is 1. The molecule has 0 spiro atoms. The predicted octanol–water partition coefficient (Wildman–Crippen LogP) is 1.16. The fourth-order valence-electron chi connectivity index (χ4n) is 2.21. The Labute approximate surface area is 116 Å². The second-order valence-corrected chi connectivity index (χ2v) is 5.07. The number of piperidine rings is 1. The molecule has 1 aromatic carbocycles. The summed E-state index contributed by atoms with van der Waals surface area (Å²) in [6.07, 6.45) is 0.452. The number of rotatable bonds is 5. The fraction of sp³-hybridized carbons (Fsp3) is 0.571. The molecule has 2 rings (SSSR count). The third kappa shape index (κ3) is 4.40. The van der Waals surface area contributed by atoms with Crippen LogP contribution in [0, 0.1) is 11.6 Å². The Balaban J connectivity index is 1.74. The van der Waals surface area contributed by atoms with E-state index in [0.717, 1.165) is 25.2 Å². The van der Waals surface area contributed by atoms with Gasteiger partial charge >= 0.3 is 0 Å². The standard InChI is InChI=1S/C14H19F2NO3/c15-13-2-1-12(7-14(13)16)20-9-11(19)8-17-5-3-10(18)4-6-17/h1-2,7,10-11,18-19H,3-6,8-9H2. The van der Waals surface area contributed by atoms with Crippen molar-refractivity contribution in [3.8, 4) is 5.75 Å². The molecule has 1 heterocycles. The van der Waals surface area contributed by atoms with Crippen LogP contribution in [0.2, 0.25) is 0 Å². The maximum Gasteiger partial charge on any atom is 0.162 e. The molecule has 1 aliphatic rings. The molecule has 1 saturated heterocycles. The number of aliphatic hydroxyl groups excluding tert-OH is 2. The van der Waals surface area contributed by atoms with E-state index >= 15 is 0 Å². The molecule has 6 heteroatoms. The summed E-state index contributed by atoms with van der Waals surface area (Å²) in [6, 6.07) is 3.27. The molecule has 4 nitrogen and oxygen atoms in total. The van der Waals surface area contributed by atoms with Gasteiger partial charge in [0.15, 0.2) is 11.6 Å². The molecule has 112 valence electrons. The molecule has 1 aliphatic heterocycles. The van der Waals surface area contributed by atoms with Crippen LogP contribution in [0.15, 0.2) is 18.2 Å². The highest BCUT2D eigenvalue weighted by molar-refractivity contribution is 5.23. The molecule has 20 heavy (non-hydrogen) atoms. The predicted molar refractivity (Wildman–Crippen MR) is 69.5 cm³/mol. The number of likely N-dealkylation sites (tertiary alicyclic amines) is 1. The van der Waals surface area contributed by atoms with Crippen LogP contribution < -0.4 is 4.74 Å². The first-order valence-electron chi connectivity index (χ1n) is 6.71. The number of halogens is 2. The first-order chi connectivity index (χ1) is 9.54. The van der Waals surface area contributed by atoms with Gasteiger partial charge in [0, 0.05) is 25.7 Å². The average Bonchev–Trinajstić information content (AvgIpc) is 2.43. The highest BCUT2D eigenvalue weighted by Crippen LogP contribution is 2.16. The lowest BCUT2D eigenvalue weighted by atomic mass is 10.1. The van der Waals surface area contributed by atoms with E-state index < -0.39 is 17.7 Å². The van der Waals surface area contributed by atoms with E-state index in [9.17, 15) is 19.0 Å². The zero-order valence-electron chi connectivity index (χ0n) is 11.1. The van der Waals surface area contributed by atoms with Gasteiger partial charge in [0.05, 0.1) is 6.10 Å². The molecule has 2 N–H and O–H groups in total. The minimum absolute atomic E-state index is 0.0180. The third-order valence-electron chi connectivity index (χ3n) is 3.36. The second kappa shape index (κ2) is 6.97. The topological polar surface area (TPSA) is 52.9 Å². The average molecular weight is 287 g/mol. The molecule has 0 bridgehead atoms. The molecular formula is C14H19F2NO3. The van der Waals surface area contributed by atoms with Crippen LogP contribution in [0.25, 0.3) is 0 Å². The van der Waals surface area contributed by atoms with Gasteiger partial charge in [-0.15, -0.1) is 0 Å². The normalized spacial score (nSPS) is 19.0. The van der Waals surface area contributed by atoms with Crippen molar-refractivity contribution in [3.05, 3.63) is 29.8 Å². The molecule has 0 radical (unpaired) electrons. The van der Waals surface area contributed by atoms with Gasteiger partial charge < -0.3 is 19.8 Å². The van der Waals surface area contributed by atoms with E-state index in [1.807, 2.05) is 4.90 Å². The number of hydrogen-bond acceptors (Lipinski definition) is 4. The van der Waals surface area contributed by atoms with Gasteiger partial charge in [0.1, 0.15) is 18.5 Å².